The Hall–Kier alpha value is -3.72. The van der Waals surface area contributed by atoms with Gasteiger partial charge >= 0.3 is 0 Å². The third-order valence-corrected chi connectivity index (χ3v) is 5.06. The lowest BCUT2D eigenvalue weighted by molar-refractivity contribution is 0.102. The number of morpholine rings is 1. The topological polar surface area (TPSA) is 115 Å². The summed E-state index contributed by atoms with van der Waals surface area (Å²) in [5.41, 5.74) is 1.71. The molecule has 0 spiro atoms. The van der Waals surface area contributed by atoms with Gasteiger partial charge in [0.25, 0.3) is 5.91 Å². The smallest absolute Gasteiger partial charge is 0.260 e. The van der Waals surface area contributed by atoms with Gasteiger partial charge in [0.05, 0.1) is 25.1 Å². The molecule has 9 heteroatoms. The molecule has 0 unspecified atom stereocenters. The fourth-order valence-corrected chi connectivity index (χ4v) is 3.41. The Kier molecular flexibility index (Phi) is 6.23. The first-order valence-corrected chi connectivity index (χ1v) is 10.0. The number of fused-ring (bicyclic) bond motifs is 3. The maximum atomic E-state index is 13.1. The molecule has 1 saturated heterocycles. The van der Waals surface area contributed by atoms with E-state index in [-0.39, 0.29) is 18.3 Å². The average molecular weight is 420 g/mol. The second-order valence-electron chi connectivity index (χ2n) is 7.05. The van der Waals surface area contributed by atoms with Crippen LogP contribution in [-0.2, 0) is 4.74 Å². The molecule has 1 fully saturated rings. The summed E-state index contributed by atoms with van der Waals surface area (Å²) in [5.74, 6) is 0.534. The Morgan fingerprint density at radius 2 is 1.97 bits per heavy atom. The lowest BCUT2D eigenvalue weighted by Crippen LogP contribution is -2.36. The number of rotatable bonds is 2. The summed E-state index contributed by atoms with van der Waals surface area (Å²) in [6, 6.07) is 10.6. The van der Waals surface area contributed by atoms with Crippen LogP contribution in [0.25, 0.3) is 0 Å². The van der Waals surface area contributed by atoms with E-state index in [1.54, 1.807) is 24.3 Å². The fourth-order valence-electron chi connectivity index (χ4n) is 3.41. The van der Waals surface area contributed by atoms with Crippen LogP contribution in [0.5, 0.6) is 5.75 Å². The van der Waals surface area contributed by atoms with Gasteiger partial charge in [-0.3, -0.25) is 15.6 Å². The van der Waals surface area contributed by atoms with Gasteiger partial charge in [-0.05, 0) is 36.4 Å². The molecule has 160 valence electrons. The largest absolute Gasteiger partial charge is 0.489 e. The Balaban J connectivity index is 1.69. The van der Waals surface area contributed by atoms with Crippen molar-refractivity contribution in [2.75, 3.05) is 49.7 Å². The third-order valence-electron chi connectivity index (χ3n) is 5.06. The zero-order valence-corrected chi connectivity index (χ0v) is 17.0. The summed E-state index contributed by atoms with van der Waals surface area (Å²) in [6.45, 7) is 3.44. The maximum absolute atomic E-state index is 13.1. The molecule has 2 aromatic rings. The first-order chi connectivity index (χ1) is 15.2. The van der Waals surface area contributed by atoms with Gasteiger partial charge in [-0.25, -0.2) is 4.98 Å². The van der Waals surface area contributed by atoms with E-state index >= 15 is 0 Å². The van der Waals surface area contributed by atoms with Crippen molar-refractivity contribution in [1.82, 2.24) is 9.88 Å². The number of pyridine rings is 1. The van der Waals surface area contributed by atoms with Crippen molar-refractivity contribution in [2.45, 2.75) is 0 Å². The third kappa shape index (κ3) is 4.72. The first-order valence-electron chi connectivity index (χ1n) is 10.0. The number of benzene rings is 1. The van der Waals surface area contributed by atoms with Crippen LogP contribution < -0.4 is 15.0 Å². The zero-order valence-electron chi connectivity index (χ0n) is 17.0. The Labute approximate surface area is 180 Å². The van der Waals surface area contributed by atoms with Gasteiger partial charge in [-0.2, -0.15) is 0 Å². The van der Waals surface area contributed by atoms with Gasteiger partial charge in [0, 0.05) is 25.3 Å². The lowest BCUT2D eigenvalue weighted by Gasteiger charge is -2.29. The molecule has 2 aliphatic heterocycles. The standard InChI is InChI=1S/C22H24N6O3/c23-15-28-8-1-2-11-31-19-7-6-16(27-9-12-30-13-10-27)14-17(19)22(29)26-20-5-3-4-18(25-20)21(28)24/h1-7,14-15,23-24H,8-13H2,(H,25,26,29)/b2-1+,23-15?,24-21?. The Morgan fingerprint density at radius 1 is 1.13 bits per heavy atom. The van der Waals surface area contributed by atoms with Gasteiger partial charge < -0.3 is 24.6 Å². The highest BCUT2D eigenvalue weighted by Gasteiger charge is 2.19. The van der Waals surface area contributed by atoms with Crippen LogP contribution in [0, 0.1) is 10.8 Å². The summed E-state index contributed by atoms with van der Waals surface area (Å²) >= 11 is 0. The van der Waals surface area contributed by atoms with Crippen molar-refractivity contribution in [2.24, 2.45) is 0 Å². The van der Waals surface area contributed by atoms with Crippen molar-refractivity contribution in [3.8, 4) is 5.75 Å². The van der Waals surface area contributed by atoms with E-state index in [0.29, 0.717) is 42.6 Å². The first kappa shape index (κ1) is 20.5. The maximum Gasteiger partial charge on any atom is 0.260 e. The molecule has 4 rings (SSSR count). The number of carbonyl (C=O) groups is 1. The number of hydrogen-bond donors (Lipinski definition) is 3. The quantitative estimate of drug-likeness (QED) is 0.390. The molecule has 3 heterocycles. The molecule has 1 aromatic carbocycles. The van der Waals surface area contributed by atoms with E-state index in [1.165, 1.54) is 4.90 Å². The number of aromatic nitrogens is 1. The number of amides is 1. The van der Waals surface area contributed by atoms with Crippen molar-refractivity contribution in [3.05, 3.63) is 59.8 Å². The highest BCUT2D eigenvalue weighted by Crippen LogP contribution is 2.27. The molecular weight excluding hydrogens is 396 g/mol. The van der Waals surface area contributed by atoms with Crippen molar-refractivity contribution >= 4 is 29.6 Å². The summed E-state index contributed by atoms with van der Waals surface area (Å²) in [6.07, 6.45) is 4.70. The van der Waals surface area contributed by atoms with E-state index in [1.807, 2.05) is 24.3 Å². The van der Waals surface area contributed by atoms with E-state index in [4.69, 9.17) is 20.3 Å². The highest BCUT2D eigenvalue weighted by molar-refractivity contribution is 6.07. The van der Waals surface area contributed by atoms with Crippen LogP contribution in [0.2, 0.25) is 0 Å². The van der Waals surface area contributed by atoms with E-state index in [9.17, 15) is 4.79 Å². The van der Waals surface area contributed by atoms with Gasteiger partial charge in [-0.1, -0.05) is 12.1 Å². The van der Waals surface area contributed by atoms with Crippen LogP contribution >= 0.6 is 0 Å². The molecule has 9 nitrogen and oxygen atoms in total. The molecule has 31 heavy (non-hydrogen) atoms. The molecule has 1 amide bonds. The predicted molar refractivity (Wildman–Crippen MR) is 119 cm³/mol. The van der Waals surface area contributed by atoms with Crippen LogP contribution in [0.15, 0.2) is 48.6 Å². The number of nitrogens with one attached hydrogen (secondary N) is 3. The molecular formula is C22H24N6O3. The van der Waals surface area contributed by atoms with Crippen LogP contribution in [0.1, 0.15) is 16.1 Å². The molecule has 0 radical (unpaired) electrons. The Bertz CT molecular complexity index is 1020. The summed E-state index contributed by atoms with van der Waals surface area (Å²) in [5, 5.41) is 18.7. The molecule has 2 bridgehead atoms. The normalized spacial score (nSPS) is 18.3. The monoisotopic (exact) mass is 420 g/mol. The molecule has 0 aliphatic carbocycles. The Morgan fingerprint density at radius 3 is 2.77 bits per heavy atom. The second kappa shape index (κ2) is 9.40. The van der Waals surface area contributed by atoms with E-state index in [0.717, 1.165) is 25.1 Å². The minimum Gasteiger partial charge on any atom is -0.489 e. The van der Waals surface area contributed by atoms with E-state index < -0.39 is 0 Å². The van der Waals surface area contributed by atoms with Crippen molar-refractivity contribution in [1.29, 1.82) is 10.8 Å². The molecule has 2 aliphatic rings. The summed E-state index contributed by atoms with van der Waals surface area (Å²) in [4.78, 5) is 21.1. The minimum absolute atomic E-state index is 0.0729. The SMILES string of the molecule is N=CN1C/C=C/COc2ccc(N3CCOCC3)cc2C(=O)Nc2cccc(n2)C1=N. The number of carbonyl (C=O) groups excluding carboxylic acids is 1. The summed E-state index contributed by atoms with van der Waals surface area (Å²) in [7, 11) is 0. The lowest BCUT2D eigenvalue weighted by atomic mass is 10.1. The average Bonchev–Trinajstić information content (AvgIpc) is 2.81. The highest BCUT2D eigenvalue weighted by atomic mass is 16.5. The predicted octanol–water partition coefficient (Wildman–Crippen LogP) is 2.35. The van der Waals surface area contributed by atoms with Gasteiger partial charge in [0.1, 0.15) is 23.9 Å². The van der Waals surface area contributed by atoms with Gasteiger partial charge in [0.2, 0.25) is 0 Å². The molecule has 1 aromatic heterocycles. The number of hydrogen-bond acceptors (Lipinski definition) is 7. The zero-order chi connectivity index (χ0) is 21.6. The summed E-state index contributed by atoms with van der Waals surface area (Å²) < 4.78 is 11.3. The van der Waals surface area contributed by atoms with Gasteiger partial charge in [-0.15, -0.1) is 0 Å². The number of ether oxygens (including phenoxy) is 2. The van der Waals surface area contributed by atoms with E-state index in [2.05, 4.69) is 15.2 Å². The van der Waals surface area contributed by atoms with Crippen LogP contribution in [0.3, 0.4) is 0 Å². The molecule has 0 atom stereocenters. The minimum atomic E-state index is -0.341. The van der Waals surface area contributed by atoms with Gasteiger partial charge in [0.15, 0.2) is 5.84 Å². The van der Waals surface area contributed by atoms with Crippen molar-refractivity contribution < 1.29 is 14.3 Å². The molecule has 0 saturated carbocycles. The number of nitrogens with zero attached hydrogens (tertiary/aromatic N) is 3. The molecule has 3 N–H and O–H groups in total. The number of anilines is 2. The van der Waals surface area contributed by atoms with Crippen LogP contribution in [0.4, 0.5) is 11.5 Å². The van der Waals surface area contributed by atoms with Crippen molar-refractivity contribution in [3.63, 3.8) is 0 Å². The number of amidine groups is 1. The second-order valence-corrected chi connectivity index (χ2v) is 7.05. The van der Waals surface area contributed by atoms with Crippen LogP contribution in [-0.4, -0.2) is 67.4 Å². The fraction of sp³-hybridized carbons (Fsp3) is 0.273.